The van der Waals surface area contributed by atoms with Crippen LogP contribution in [0.2, 0.25) is 5.02 Å². The summed E-state index contributed by atoms with van der Waals surface area (Å²) in [6.45, 7) is 2.99. The lowest BCUT2D eigenvalue weighted by molar-refractivity contribution is 0.414. The number of rotatable bonds is 5. The molecule has 0 bridgehead atoms. The highest BCUT2D eigenvalue weighted by atomic mass is 35.5. The fourth-order valence-corrected chi connectivity index (χ4v) is 3.26. The van der Waals surface area contributed by atoms with Gasteiger partial charge in [0.15, 0.2) is 0 Å². The van der Waals surface area contributed by atoms with Crippen LogP contribution in [-0.2, 0) is 6.54 Å². The van der Waals surface area contributed by atoms with Crippen LogP contribution in [-0.4, -0.2) is 20.2 Å². The van der Waals surface area contributed by atoms with Gasteiger partial charge in [-0.3, -0.25) is 0 Å². The van der Waals surface area contributed by atoms with Crippen LogP contribution in [0.5, 0.6) is 5.75 Å². The van der Waals surface area contributed by atoms with E-state index >= 15 is 0 Å². The molecule has 4 heteroatoms. The molecule has 3 nitrogen and oxygen atoms in total. The van der Waals surface area contributed by atoms with Gasteiger partial charge in [0.25, 0.3) is 0 Å². The Labute approximate surface area is 143 Å². The average molecular weight is 331 g/mol. The van der Waals surface area contributed by atoms with Gasteiger partial charge in [-0.15, -0.1) is 0 Å². The number of hydrogen-bond acceptors (Lipinski definition) is 3. The summed E-state index contributed by atoms with van der Waals surface area (Å²) in [7, 11) is 1.68. The highest BCUT2D eigenvalue weighted by molar-refractivity contribution is 6.33. The first kappa shape index (κ1) is 16.0. The molecule has 1 aliphatic rings. The minimum atomic E-state index is 0.767. The molecule has 1 aliphatic heterocycles. The second-order valence-electron chi connectivity index (χ2n) is 5.92. The largest absolute Gasteiger partial charge is 0.497 e. The molecule has 0 radical (unpaired) electrons. The molecular formula is C19H23ClN2O. The topological polar surface area (TPSA) is 24.5 Å². The van der Waals surface area contributed by atoms with Crippen LogP contribution in [0, 0.1) is 0 Å². The maximum Gasteiger partial charge on any atom is 0.118 e. The third-order valence-electron chi connectivity index (χ3n) is 4.30. The lowest BCUT2D eigenvalue weighted by Crippen LogP contribution is -2.29. The lowest BCUT2D eigenvalue weighted by atomic mass is 10.1. The summed E-state index contributed by atoms with van der Waals surface area (Å²) in [6, 6.07) is 14.3. The smallest absolute Gasteiger partial charge is 0.118 e. The van der Waals surface area contributed by atoms with Crippen LogP contribution in [0.3, 0.4) is 0 Å². The highest BCUT2D eigenvalue weighted by Gasteiger charge is 2.13. The molecule has 1 fully saturated rings. The molecule has 2 aromatic carbocycles. The normalized spacial score (nSPS) is 14.6. The van der Waals surface area contributed by atoms with Gasteiger partial charge in [0.05, 0.1) is 17.8 Å². The molecule has 0 spiro atoms. The van der Waals surface area contributed by atoms with Gasteiger partial charge >= 0.3 is 0 Å². The molecule has 3 rings (SSSR count). The van der Waals surface area contributed by atoms with Gasteiger partial charge in [0.1, 0.15) is 5.75 Å². The van der Waals surface area contributed by atoms with Gasteiger partial charge < -0.3 is 15.0 Å². The molecule has 23 heavy (non-hydrogen) atoms. The van der Waals surface area contributed by atoms with Gasteiger partial charge in [0, 0.05) is 25.3 Å². The van der Waals surface area contributed by atoms with Crippen LogP contribution in [0.15, 0.2) is 42.5 Å². The first-order valence-corrected chi connectivity index (χ1v) is 8.55. The number of nitrogens with zero attached hydrogens (tertiary/aromatic N) is 1. The monoisotopic (exact) mass is 330 g/mol. The van der Waals surface area contributed by atoms with Crippen molar-refractivity contribution in [3.05, 3.63) is 53.1 Å². The SMILES string of the molecule is COc1ccc(CNc2ccc(N3CCCCC3)c(Cl)c2)cc1. The molecule has 2 aromatic rings. The zero-order valence-corrected chi connectivity index (χ0v) is 14.3. The number of nitrogens with one attached hydrogen (secondary N) is 1. The number of benzene rings is 2. The third-order valence-corrected chi connectivity index (χ3v) is 4.60. The molecule has 122 valence electrons. The van der Waals surface area contributed by atoms with E-state index in [1.54, 1.807) is 7.11 Å². The van der Waals surface area contributed by atoms with E-state index in [2.05, 4.69) is 34.5 Å². The zero-order valence-electron chi connectivity index (χ0n) is 13.5. The minimum Gasteiger partial charge on any atom is -0.497 e. The highest BCUT2D eigenvalue weighted by Crippen LogP contribution is 2.31. The molecular weight excluding hydrogens is 308 g/mol. The van der Waals surface area contributed by atoms with E-state index in [0.717, 1.165) is 41.8 Å². The van der Waals surface area contributed by atoms with Gasteiger partial charge in [0.2, 0.25) is 0 Å². The van der Waals surface area contributed by atoms with E-state index in [4.69, 9.17) is 16.3 Å². The maximum atomic E-state index is 6.49. The molecule has 1 heterocycles. The first-order chi connectivity index (χ1) is 11.3. The summed E-state index contributed by atoms with van der Waals surface area (Å²) in [5.74, 6) is 0.877. The van der Waals surface area contributed by atoms with Crippen LogP contribution < -0.4 is 15.0 Å². The minimum absolute atomic E-state index is 0.767. The van der Waals surface area contributed by atoms with Crippen molar-refractivity contribution in [1.29, 1.82) is 0 Å². The number of anilines is 2. The number of ether oxygens (including phenoxy) is 1. The third kappa shape index (κ3) is 4.11. The molecule has 0 aliphatic carbocycles. The standard InChI is InChI=1S/C19H23ClN2O/c1-23-17-8-5-15(6-9-17)14-21-16-7-10-19(18(20)13-16)22-11-3-2-4-12-22/h5-10,13,21H,2-4,11-12,14H2,1H3. The first-order valence-electron chi connectivity index (χ1n) is 8.17. The van der Waals surface area contributed by atoms with E-state index in [0.29, 0.717) is 0 Å². The zero-order chi connectivity index (χ0) is 16.1. The van der Waals surface area contributed by atoms with Gasteiger partial charge in [-0.25, -0.2) is 0 Å². The molecule has 0 atom stereocenters. The van der Waals surface area contributed by atoms with Crippen molar-refractivity contribution in [2.24, 2.45) is 0 Å². The Morgan fingerprint density at radius 3 is 2.43 bits per heavy atom. The quantitative estimate of drug-likeness (QED) is 0.839. The summed E-state index contributed by atoms with van der Waals surface area (Å²) < 4.78 is 5.18. The Bertz CT molecular complexity index is 636. The van der Waals surface area contributed by atoms with Gasteiger partial charge in [-0.05, 0) is 55.2 Å². The van der Waals surface area contributed by atoms with Crippen molar-refractivity contribution >= 4 is 23.0 Å². The van der Waals surface area contributed by atoms with Gasteiger partial charge in [-0.1, -0.05) is 23.7 Å². The number of hydrogen-bond donors (Lipinski definition) is 1. The van der Waals surface area contributed by atoms with Crippen molar-refractivity contribution in [3.63, 3.8) is 0 Å². The number of methoxy groups -OCH3 is 1. The van der Waals surface area contributed by atoms with E-state index < -0.39 is 0 Å². The van der Waals surface area contributed by atoms with Crippen molar-refractivity contribution in [1.82, 2.24) is 0 Å². The summed E-state index contributed by atoms with van der Waals surface area (Å²) >= 11 is 6.49. The Balaban J connectivity index is 1.62. The number of piperidine rings is 1. The Hall–Kier alpha value is -1.87. The summed E-state index contributed by atoms with van der Waals surface area (Å²) in [5, 5.41) is 4.25. The summed E-state index contributed by atoms with van der Waals surface area (Å²) in [6.07, 6.45) is 3.84. The Morgan fingerprint density at radius 2 is 1.78 bits per heavy atom. The van der Waals surface area contributed by atoms with Crippen LogP contribution in [0.1, 0.15) is 24.8 Å². The average Bonchev–Trinajstić information content (AvgIpc) is 2.61. The predicted molar refractivity (Wildman–Crippen MR) is 97.8 cm³/mol. The molecule has 1 saturated heterocycles. The van der Waals surface area contributed by atoms with Crippen molar-refractivity contribution in [2.75, 3.05) is 30.4 Å². The second-order valence-corrected chi connectivity index (χ2v) is 6.32. The lowest BCUT2D eigenvalue weighted by Gasteiger charge is -2.29. The Kier molecular flexibility index (Phi) is 5.29. The molecule has 0 aromatic heterocycles. The summed E-state index contributed by atoms with van der Waals surface area (Å²) in [4.78, 5) is 2.39. The second kappa shape index (κ2) is 7.60. The van der Waals surface area contributed by atoms with Gasteiger partial charge in [-0.2, -0.15) is 0 Å². The molecule has 0 unspecified atom stereocenters. The fraction of sp³-hybridized carbons (Fsp3) is 0.368. The predicted octanol–water partition coefficient (Wildman–Crippen LogP) is 4.95. The van der Waals surface area contributed by atoms with E-state index in [9.17, 15) is 0 Å². The maximum absolute atomic E-state index is 6.49. The van der Waals surface area contributed by atoms with Crippen LogP contribution in [0.4, 0.5) is 11.4 Å². The van der Waals surface area contributed by atoms with Crippen LogP contribution >= 0.6 is 11.6 Å². The Morgan fingerprint density at radius 1 is 1.04 bits per heavy atom. The van der Waals surface area contributed by atoms with E-state index in [1.807, 2.05) is 18.2 Å². The molecule has 1 N–H and O–H groups in total. The molecule has 0 amide bonds. The number of halogens is 1. The van der Waals surface area contributed by atoms with Crippen LogP contribution in [0.25, 0.3) is 0 Å². The molecule has 0 saturated carbocycles. The van der Waals surface area contributed by atoms with E-state index in [1.165, 1.54) is 24.8 Å². The van der Waals surface area contributed by atoms with Crippen molar-refractivity contribution < 1.29 is 4.74 Å². The van der Waals surface area contributed by atoms with Crippen molar-refractivity contribution in [2.45, 2.75) is 25.8 Å². The fourth-order valence-electron chi connectivity index (χ4n) is 2.96. The summed E-state index contributed by atoms with van der Waals surface area (Å²) in [5.41, 5.74) is 3.41. The van der Waals surface area contributed by atoms with E-state index in [-0.39, 0.29) is 0 Å². The van der Waals surface area contributed by atoms with Crippen molar-refractivity contribution in [3.8, 4) is 5.75 Å².